The molecule has 0 amide bonds. The number of aromatic carboxylic acids is 1. The van der Waals surface area contributed by atoms with Gasteiger partial charge < -0.3 is 9.51 Å². The van der Waals surface area contributed by atoms with Crippen molar-refractivity contribution in [2.75, 3.05) is 0 Å². The third kappa shape index (κ3) is 3.07. The number of hydrogen-bond donors (Lipinski definition) is 1. The second-order valence-electron chi connectivity index (χ2n) is 7.39. The van der Waals surface area contributed by atoms with Gasteiger partial charge in [-0.05, 0) is 18.1 Å². The number of pyridine rings is 1. The number of rotatable bonds is 5. The van der Waals surface area contributed by atoms with Gasteiger partial charge in [0.2, 0.25) is 0 Å². The Labute approximate surface area is 169 Å². The van der Waals surface area contributed by atoms with Crippen LogP contribution < -0.4 is 11.2 Å². The van der Waals surface area contributed by atoms with Crippen molar-refractivity contribution in [3.63, 3.8) is 0 Å². The number of nitrogens with zero attached hydrogens (tertiary/aromatic N) is 4. The van der Waals surface area contributed by atoms with Crippen molar-refractivity contribution in [3.05, 3.63) is 67.6 Å². The fourth-order valence-electron chi connectivity index (χ4n) is 3.53. The van der Waals surface area contributed by atoms with E-state index in [1.165, 1.54) is 23.0 Å². The molecule has 0 unspecified atom stereocenters. The van der Waals surface area contributed by atoms with Crippen LogP contribution >= 0.6 is 11.3 Å². The summed E-state index contributed by atoms with van der Waals surface area (Å²) in [4.78, 5) is 42.9. The van der Waals surface area contributed by atoms with Crippen LogP contribution in [0.15, 0.2) is 40.2 Å². The lowest BCUT2D eigenvalue weighted by atomic mass is 10.1. The molecular weight excluding hydrogens is 392 g/mol. The van der Waals surface area contributed by atoms with Crippen molar-refractivity contribution in [2.24, 2.45) is 13.0 Å². The van der Waals surface area contributed by atoms with Gasteiger partial charge >= 0.3 is 11.7 Å². The summed E-state index contributed by atoms with van der Waals surface area (Å²) in [6, 6.07) is 5.61. The van der Waals surface area contributed by atoms with Crippen molar-refractivity contribution in [1.82, 2.24) is 18.5 Å². The van der Waals surface area contributed by atoms with Crippen LogP contribution in [-0.2, 0) is 20.0 Å². The van der Waals surface area contributed by atoms with E-state index in [0.29, 0.717) is 22.7 Å². The number of imidazole rings is 1. The third-order valence-electron chi connectivity index (χ3n) is 4.84. The minimum Gasteiger partial charge on any atom is -0.478 e. The van der Waals surface area contributed by atoms with Crippen molar-refractivity contribution < 1.29 is 9.90 Å². The summed E-state index contributed by atoms with van der Waals surface area (Å²) in [5.74, 6) is -1.02. The van der Waals surface area contributed by atoms with Gasteiger partial charge in [-0.3, -0.25) is 13.9 Å². The first kappa shape index (κ1) is 19.1. The van der Waals surface area contributed by atoms with Crippen LogP contribution in [0.5, 0.6) is 0 Å². The van der Waals surface area contributed by atoms with Crippen molar-refractivity contribution in [3.8, 4) is 0 Å². The topological polar surface area (TPSA) is 98.6 Å². The second kappa shape index (κ2) is 7.00. The molecule has 8 nitrogen and oxygen atoms in total. The van der Waals surface area contributed by atoms with Gasteiger partial charge in [0.25, 0.3) is 5.56 Å². The van der Waals surface area contributed by atoms with E-state index in [4.69, 9.17) is 0 Å². The maximum Gasteiger partial charge on any atom is 0.337 e. The normalized spacial score (nSPS) is 11.7. The van der Waals surface area contributed by atoms with Crippen LogP contribution in [0.4, 0.5) is 0 Å². The number of fused-ring (bicyclic) bond motifs is 2. The molecule has 0 saturated carbocycles. The highest BCUT2D eigenvalue weighted by atomic mass is 32.1. The summed E-state index contributed by atoms with van der Waals surface area (Å²) in [6.45, 7) is 4.33. The van der Waals surface area contributed by atoms with Gasteiger partial charge in [-0.2, -0.15) is 0 Å². The van der Waals surface area contributed by atoms with Crippen LogP contribution in [-0.4, -0.2) is 29.6 Å². The lowest BCUT2D eigenvalue weighted by molar-refractivity contribution is 0.0698. The molecule has 4 aromatic rings. The van der Waals surface area contributed by atoms with E-state index < -0.39 is 17.2 Å². The summed E-state index contributed by atoms with van der Waals surface area (Å²) in [5.41, 5.74) is 0.519. The maximum atomic E-state index is 12.8. The molecule has 29 heavy (non-hydrogen) atoms. The van der Waals surface area contributed by atoms with Crippen molar-refractivity contribution in [1.29, 1.82) is 0 Å². The molecule has 0 bridgehead atoms. The lowest BCUT2D eigenvalue weighted by Gasteiger charge is -2.11. The molecule has 0 saturated heterocycles. The molecule has 0 radical (unpaired) electrons. The monoisotopic (exact) mass is 412 g/mol. The first-order valence-corrected chi connectivity index (χ1v) is 10.0. The number of hydrogen-bond acceptors (Lipinski definition) is 5. The largest absolute Gasteiger partial charge is 0.478 e. The maximum absolute atomic E-state index is 12.8. The van der Waals surface area contributed by atoms with Gasteiger partial charge in [0.05, 0.1) is 10.9 Å². The average molecular weight is 412 g/mol. The smallest absolute Gasteiger partial charge is 0.337 e. The Bertz CT molecular complexity index is 1370. The van der Waals surface area contributed by atoms with Crippen LogP contribution in [0.2, 0.25) is 0 Å². The average Bonchev–Trinajstić information content (AvgIpc) is 3.25. The number of aromatic nitrogens is 4. The van der Waals surface area contributed by atoms with E-state index in [-0.39, 0.29) is 16.9 Å². The molecule has 0 aliphatic carbocycles. The SMILES string of the molecule is CC(C)Cn1c(=O)n(C)c(=O)c2c(C(=O)O)c(Cc3cnc4ccccn34)sc21. The zero-order valence-electron chi connectivity index (χ0n) is 16.2. The molecule has 0 spiro atoms. The first-order chi connectivity index (χ1) is 13.8. The Morgan fingerprint density at radius 1 is 1.28 bits per heavy atom. The summed E-state index contributed by atoms with van der Waals surface area (Å²) in [5, 5.41) is 9.99. The van der Waals surface area contributed by atoms with Gasteiger partial charge in [-0.25, -0.2) is 14.6 Å². The Hall–Kier alpha value is -3.20. The molecule has 0 aromatic carbocycles. The van der Waals surface area contributed by atoms with E-state index in [0.717, 1.165) is 15.9 Å². The molecule has 0 aliphatic rings. The Morgan fingerprint density at radius 2 is 2.03 bits per heavy atom. The van der Waals surface area contributed by atoms with Crippen LogP contribution in [0.25, 0.3) is 15.9 Å². The van der Waals surface area contributed by atoms with Gasteiger partial charge in [0, 0.05) is 43.0 Å². The van der Waals surface area contributed by atoms with Gasteiger partial charge in [0.1, 0.15) is 10.5 Å². The Balaban J connectivity index is 2.01. The Kier molecular flexibility index (Phi) is 4.62. The molecule has 150 valence electrons. The predicted molar refractivity (Wildman–Crippen MR) is 111 cm³/mol. The van der Waals surface area contributed by atoms with E-state index in [1.54, 1.807) is 6.20 Å². The third-order valence-corrected chi connectivity index (χ3v) is 6.05. The minimum absolute atomic E-state index is 0.0333. The number of carboxylic acid groups (broad SMARTS) is 1. The quantitative estimate of drug-likeness (QED) is 0.543. The number of thiophene rings is 1. The molecule has 0 atom stereocenters. The molecule has 4 aromatic heterocycles. The van der Waals surface area contributed by atoms with Crippen LogP contribution in [0.3, 0.4) is 0 Å². The fourth-order valence-corrected chi connectivity index (χ4v) is 4.83. The van der Waals surface area contributed by atoms with Gasteiger partial charge in [-0.1, -0.05) is 19.9 Å². The molecule has 9 heteroatoms. The van der Waals surface area contributed by atoms with E-state index in [1.807, 2.05) is 42.6 Å². The minimum atomic E-state index is -1.17. The summed E-state index contributed by atoms with van der Waals surface area (Å²) >= 11 is 1.19. The fraction of sp³-hybridized carbons (Fsp3) is 0.300. The van der Waals surface area contributed by atoms with Gasteiger partial charge in [-0.15, -0.1) is 11.3 Å². The first-order valence-electron chi connectivity index (χ1n) is 9.19. The zero-order chi connectivity index (χ0) is 20.9. The standard InChI is InChI=1S/C20H20N4O4S/c1-11(2)10-24-18-16(17(25)22(3)20(24)28)15(19(26)27)13(29-18)8-12-9-21-14-6-4-5-7-23(12)14/h4-7,9,11H,8,10H2,1-3H3,(H,26,27). The van der Waals surface area contributed by atoms with E-state index in [2.05, 4.69) is 4.98 Å². The summed E-state index contributed by atoms with van der Waals surface area (Å²) < 4.78 is 4.38. The van der Waals surface area contributed by atoms with Crippen LogP contribution in [0.1, 0.15) is 34.8 Å². The number of carbonyl (C=O) groups is 1. The summed E-state index contributed by atoms with van der Waals surface area (Å²) in [7, 11) is 1.38. The Morgan fingerprint density at radius 3 is 2.72 bits per heavy atom. The highest BCUT2D eigenvalue weighted by Crippen LogP contribution is 2.31. The van der Waals surface area contributed by atoms with Crippen molar-refractivity contribution in [2.45, 2.75) is 26.8 Å². The molecule has 0 aliphatic heterocycles. The van der Waals surface area contributed by atoms with E-state index >= 15 is 0 Å². The van der Waals surface area contributed by atoms with Gasteiger partial charge in [0.15, 0.2) is 0 Å². The molecule has 4 rings (SSSR count). The second-order valence-corrected chi connectivity index (χ2v) is 8.48. The van der Waals surface area contributed by atoms with E-state index in [9.17, 15) is 19.5 Å². The highest BCUT2D eigenvalue weighted by Gasteiger charge is 2.26. The predicted octanol–water partition coefficient (Wildman–Crippen LogP) is 2.35. The number of carboxylic acids is 1. The molecular formula is C20H20N4O4S. The highest BCUT2D eigenvalue weighted by molar-refractivity contribution is 7.19. The molecule has 1 N–H and O–H groups in total. The lowest BCUT2D eigenvalue weighted by Crippen LogP contribution is -2.38. The zero-order valence-corrected chi connectivity index (χ0v) is 17.1. The molecule has 0 fully saturated rings. The molecule has 4 heterocycles. The van der Waals surface area contributed by atoms with Crippen LogP contribution in [0, 0.1) is 5.92 Å². The summed E-state index contributed by atoms with van der Waals surface area (Å²) in [6.07, 6.45) is 3.86. The van der Waals surface area contributed by atoms with Crippen molar-refractivity contribution >= 4 is 33.2 Å².